The molecule has 0 spiro atoms. The Hall–Kier alpha value is -2.86. The highest BCUT2D eigenvalue weighted by molar-refractivity contribution is 7.80. The van der Waals surface area contributed by atoms with Gasteiger partial charge in [0.1, 0.15) is 11.8 Å². The van der Waals surface area contributed by atoms with E-state index in [0.717, 1.165) is 22.8 Å². The number of H-pyrrole nitrogens is 1. The molecule has 0 amide bonds. The van der Waals surface area contributed by atoms with Gasteiger partial charge >= 0.3 is 0 Å². The summed E-state index contributed by atoms with van der Waals surface area (Å²) in [4.78, 5) is 10.0. The number of hydrogen-bond acceptors (Lipinski definition) is 3. The molecule has 1 aromatic carbocycles. The zero-order chi connectivity index (χ0) is 17.4. The fraction of sp³-hybridized carbons (Fsp3) is 0.158. The van der Waals surface area contributed by atoms with Gasteiger partial charge in [-0.3, -0.25) is 4.98 Å². The third-order valence-electron chi connectivity index (χ3n) is 4.40. The number of nitrogens with zero attached hydrogens (tertiary/aromatic N) is 2. The Kier molecular flexibility index (Phi) is 3.89. The second kappa shape index (κ2) is 6.22. The normalized spacial score (nSPS) is 19.9. The molecule has 1 fully saturated rings. The number of hydrogen-bond donors (Lipinski definition) is 3. The maximum absolute atomic E-state index is 9.60. The quantitative estimate of drug-likeness (QED) is 0.630. The molecular formula is C19H18N4OS. The van der Waals surface area contributed by atoms with Crippen LogP contribution in [0.15, 0.2) is 60.8 Å². The van der Waals surface area contributed by atoms with Crippen LogP contribution in [0, 0.1) is 6.92 Å². The van der Waals surface area contributed by atoms with Gasteiger partial charge in [0.25, 0.3) is 0 Å². The summed E-state index contributed by atoms with van der Waals surface area (Å²) < 4.78 is 0. The summed E-state index contributed by atoms with van der Waals surface area (Å²) in [5.74, 6) is 0.232. The topological polar surface area (TPSA) is 64.2 Å². The van der Waals surface area contributed by atoms with Crippen LogP contribution < -0.4 is 10.2 Å². The molecule has 4 rings (SSSR count). The van der Waals surface area contributed by atoms with Crippen molar-refractivity contribution in [1.82, 2.24) is 15.3 Å². The van der Waals surface area contributed by atoms with Gasteiger partial charge in [-0.1, -0.05) is 6.07 Å². The van der Waals surface area contributed by atoms with Crippen LogP contribution in [-0.4, -0.2) is 20.2 Å². The van der Waals surface area contributed by atoms with Crippen molar-refractivity contribution in [3.8, 4) is 5.75 Å². The van der Waals surface area contributed by atoms with E-state index in [-0.39, 0.29) is 17.8 Å². The van der Waals surface area contributed by atoms with Gasteiger partial charge in [0.2, 0.25) is 0 Å². The van der Waals surface area contributed by atoms with Crippen LogP contribution in [0.3, 0.4) is 0 Å². The van der Waals surface area contributed by atoms with Crippen LogP contribution >= 0.6 is 12.2 Å². The number of aromatic hydroxyl groups is 1. The van der Waals surface area contributed by atoms with E-state index in [1.807, 2.05) is 37.3 Å². The molecule has 3 N–H and O–H groups in total. The lowest BCUT2D eigenvalue weighted by Crippen LogP contribution is -2.29. The molecule has 1 saturated heterocycles. The lowest BCUT2D eigenvalue weighted by atomic mass is 10.0. The monoisotopic (exact) mass is 350 g/mol. The van der Waals surface area contributed by atoms with Crippen LogP contribution in [0.1, 0.15) is 29.2 Å². The summed E-state index contributed by atoms with van der Waals surface area (Å²) in [5.41, 5.74) is 4.01. The lowest BCUT2D eigenvalue weighted by molar-refractivity contribution is 0.475. The number of nitrogens with one attached hydrogen (secondary N) is 2. The zero-order valence-electron chi connectivity index (χ0n) is 13.7. The average molecular weight is 350 g/mol. The smallest absolute Gasteiger partial charge is 0.174 e. The summed E-state index contributed by atoms with van der Waals surface area (Å²) in [6.07, 6.45) is 1.79. The van der Waals surface area contributed by atoms with Gasteiger partial charge in [-0.15, -0.1) is 0 Å². The highest BCUT2D eigenvalue weighted by atomic mass is 32.1. The minimum absolute atomic E-state index is 0.0550. The van der Waals surface area contributed by atoms with E-state index in [2.05, 4.69) is 32.3 Å². The number of benzene rings is 1. The first kappa shape index (κ1) is 15.7. The van der Waals surface area contributed by atoms with Crippen molar-refractivity contribution in [2.45, 2.75) is 19.0 Å². The molecule has 3 heterocycles. The molecule has 0 saturated carbocycles. The predicted molar refractivity (Wildman–Crippen MR) is 102 cm³/mol. The van der Waals surface area contributed by atoms with Crippen molar-refractivity contribution in [3.63, 3.8) is 0 Å². The third kappa shape index (κ3) is 2.85. The number of rotatable bonds is 3. The van der Waals surface area contributed by atoms with Gasteiger partial charge in [-0.2, -0.15) is 0 Å². The molecule has 0 radical (unpaired) electrons. The Bertz CT molecular complexity index is 891. The SMILES string of the molecule is Cc1ccc(C2C(c3ccccn3)NC(=S)N2c2ccc(O)cc2)[nH]1. The van der Waals surface area contributed by atoms with Gasteiger partial charge in [-0.05, 0) is 67.7 Å². The van der Waals surface area contributed by atoms with Crippen LogP contribution in [0.5, 0.6) is 5.75 Å². The number of pyridine rings is 1. The van der Waals surface area contributed by atoms with E-state index in [1.54, 1.807) is 18.3 Å². The van der Waals surface area contributed by atoms with E-state index in [1.165, 1.54) is 0 Å². The van der Waals surface area contributed by atoms with Crippen LogP contribution in [0.4, 0.5) is 5.69 Å². The fourth-order valence-electron chi connectivity index (χ4n) is 3.26. The molecule has 5 nitrogen and oxygen atoms in total. The van der Waals surface area contributed by atoms with Gasteiger partial charge < -0.3 is 20.3 Å². The fourth-order valence-corrected chi connectivity index (χ4v) is 3.61. The van der Waals surface area contributed by atoms with Gasteiger partial charge in [0.05, 0.1) is 11.7 Å². The zero-order valence-corrected chi connectivity index (χ0v) is 14.5. The van der Waals surface area contributed by atoms with Gasteiger partial charge in [0.15, 0.2) is 5.11 Å². The first-order valence-electron chi connectivity index (χ1n) is 8.09. The molecule has 2 aromatic heterocycles. The number of phenols is 1. The second-order valence-corrected chi connectivity index (χ2v) is 6.50. The minimum atomic E-state index is -0.0689. The van der Waals surface area contributed by atoms with Crippen LogP contribution in [-0.2, 0) is 0 Å². The molecule has 1 aliphatic heterocycles. The Morgan fingerprint density at radius 3 is 2.52 bits per heavy atom. The first-order valence-corrected chi connectivity index (χ1v) is 8.49. The van der Waals surface area contributed by atoms with E-state index >= 15 is 0 Å². The van der Waals surface area contributed by atoms with Crippen molar-refractivity contribution in [2.24, 2.45) is 0 Å². The van der Waals surface area contributed by atoms with E-state index in [4.69, 9.17) is 12.2 Å². The van der Waals surface area contributed by atoms with E-state index < -0.39 is 0 Å². The number of aromatic amines is 1. The number of aryl methyl sites for hydroxylation is 1. The van der Waals surface area contributed by atoms with Crippen LogP contribution in [0.25, 0.3) is 0 Å². The van der Waals surface area contributed by atoms with E-state index in [0.29, 0.717) is 5.11 Å². The molecule has 25 heavy (non-hydrogen) atoms. The summed E-state index contributed by atoms with van der Waals surface area (Å²) in [6.45, 7) is 2.03. The van der Waals surface area contributed by atoms with E-state index in [9.17, 15) is 5.11 Å². The molecule has 2 unspecified atom stereocenters. The Balaban J connectivity index is 1.81. The maximum atomic E-state index is 9.60. The first-order chi connectivity index (χ1) is 12.1. The number of phenolic OH excluding ortho intramolecular Hbond substituents is 1. The van der Waals surface area contributed by atoms with Gasteiger partial charge in [0, 0.05) is 23.3 Å². The summed E-state index contributed by atoms with van der Waals surface area (Å²) >= 11 is 5.63. The Morgan fingerprint density at radius 1 is 1.08 bits per heavy atom. The molecule has 0 bridgehead atoms. The maximum Gasteiger partial charge on any atom is 0.174 e. The highest BCUT2D eigenvalue weighted by Crippen LogP contribution is 2.41. The number of anilines is 1. The van der Waals surface area contributed by atoms with Crippen LogP contribution in [0.2, 0.25) is 0 Å². The summed E-state index contributed by atoms with van der Waals surface area (Å²) in [7, 11) is 0. The minimum Gasteiger partial charge on any atom is -0.508 e. The summed E-state index contributed by atoms with van der Waals surface area (Å²) in [5, 5.41) is 13.6. The largest absolute Gasteiger partial charge is 0.508 e. The lowest BCUT2D eigenvalue weighted by Gasteiger charge is -2.27. The molecule has 3 aromatic rings. The Labute approximate surface area is 151 Å². The second-order valence-electron chi connectivity index (χ2n) is 6.11. The molecule has 0 aliphatic carbocycles. The Morgan fingerprint density at radius 2 is 1.88 bits per heavy atom. The highest BCUT2D eigenvalue weighted by Gasteiger charge is 2.41. The molecule has 2 atom stereocenters. The predicted octanol–water partition coefficient (Wildman–Crippen LogP) is 3.60. The third-order valence-corrected chi connectivity index (χ3v) is 4.71. The molecule has 1 aliphatic rings. The molecule has 6 heteroatoms. The van der Waals surface area contributed by atoms with Crippen molar-refractivity contribution in [1.29, 1.82) is 0 Å². The standard InChI is InChI=1S/C19H18N4OS/c1-12-5-10-16(21-12)18-17(15-4-2-3-11-20-15)22-19(25)23(18)13-6-8-14(24)9-7-13/h2-11,17-18,21,24H,1H3,(H,22,25). The number of thiocarbonyl (C=S) groups is 1. The number of aromatic nitrogens is 2. The van der Waals surface area contributed by atoms with Crippen molar-refractivity contribution in [2.75, 3.05) is 4.90 Å². The molecule has 126 valence electrons. The van der Waals surface area contributed by atoms with Gasteiger partial charge in [-0.25, -0.2) is 0 Å². The van der Waals surface area contributed by atoms with Crippen molar-refractivity contribution < 1.29 is 5.11 Å². The van der Waals surface area contributed by atoms with Crippen molar-refractivity contribution in [3.05, 3.63) is 77.9 Å². The molecular weight excluding hydrogens is 332 g/mol. The summed E-state index contributed by atoms with van der Waals surface area (Å²) in [6, 6.07) is 17.0. The van der Waals surface area contributed by atoms with Crippen molar-refractivity contribution >= 4 is 23.0 Å². The average Bonchev–Trinajstić information content (AvgIpc) is 3.20.